The summed E-state index contributed by atoms with van der Waals surface area (Å²) in [5.41, 5.74) is 3.42. The third kappa shape index (κ3) is 2.92. The van der Waals surface area contributed by atoms with E-state index in [-0.39, 0.29) is 5.56 Å². The maximum atomic E-state index is 11.6. The van der Waals surface area contributed by atoms with E-state index in [9.17, 15) is 4.79 Å². The average Bonchev–Trinajstić information content (AvgIpc) is 2.82. The van der Waals surface area contributed by atoms with Crippen LogP contribution in [0.3, 0.4) is 0 Å². The van der Waals surface area contributed by atoms with Gasteiger partial charge >= 0.3 is 0 Å². The lowest BCUT2D eigenvalue weighted by atomic mass is 10.3. The van der Waals surface area contributed by atoms with Crippen LogP contribution in [0.25, 0.3) is 0 Å². The van der Waals surface area contributed by atoms with Gasteiger partial charge in [0, 0.05) is 25.4 Å². The van der Waals surface area contributed by atoms with Crippen LogP contribution in [0.1, 0.15) is 5.69 Å². The maximum absolute atomic E-state index is 11.6. The van der Waals surface area contributed by atoms with Crippen molar-refractivity contribution in [2.75, 3.05) is 11.9 Å². The quantitative estimate of drug-likeness (QED) is 0.932. The van der Waals surface area contributed by atoms with Crippen LogP contribution in [0.15, 0.2) is 26.4 Å². The summed E-state index contributed by atoms with van der Waals surface area (Å²) in [6.07, 6.45) is 2.46. The molecular weight excluding hydrogens is 304 g/mol. The van der Waals surface area contributed by atoms with Crippen molar-refractivity contribution in [1.29, 1.82) is 0 Å². The maximum Gasteiger partial charge on any atom is 0.282 e. The van der Waals surface area contributed by atoms with E-state index in [1.807, 2.05) is 10.9 Å². The SMILES string of the molecule is Cn1ncc(NCCc2cscn2)c(Br)c1=O. The lowest BCUT2D eigenvalue weighted by Gasteiger charge is -2.07. The molecule has 0 fully saturated rings. The van der Waals surface area contributed by atoms with Gasteiger partial charge in [-0.15, -0.1) is 11.3 Å². The summed E-state index contributed by atoms with van der Waals surface area (Å²) in [5.74, 6) is 0. The summed E-state index contributed by atoms with van der Waals surface area (Å²) in [6.45, 7) is 0.719. The first-order valence-electron chi connectivity index (χ1n) is 5.01. The molecule has 17 heavy (non-hydrogen) atoms. The second-order valence-electron chi connectivity index (χ2n) is 3.46. The van der Waals surface area contributed by atoms with Crippen LogP contribution in [-0.2, 0) is 13.5 Å². The number of aromatic nitrogens is 3. The molecule has 1 N–H and O–H groups in total. The van der Waals surface area contributed by atoms with Crippen molar-refractivity contribution in [3.05, 3.63) is 37.6 Å². The molecule has 0 radical (unpaired) electrons. The minimum absolute atomic E-state index is 0.149. The Morgan fingerprint density at radius 2 is 2.41 bits per heavy atom. The molecule has 2 aromatic heterocycles. The van der Waals surface area contributed by atoms with Crippen LogP contribution >= 0.6 is 27.3 Å². The fourth-order valence-electron chi connectivity index (χ4n) is 1.32. The highest BCUT2D eigenvalue weighted by Crippen LogP contribution is 2.15. The molecule has 2 heterocycles. The number of halogens is 1. The zero-order chi connectivity index (χ0) is 12.3. The molecule has 0 amide bonds. The molecule has 0 spiro atoms. The van der Waals surface area contributed by atoms with Crippen LogP contribution in [0.5, 0.6) is 0 Å². The van der Waals surface area contributed by atoms with Crippen molar-refractivity contribution in [3.63, 3.8) is 0 Å². The zero-order valence-electron chi connectivity index (χ0n) is 9.18. The largest absolute Gasteiger partial charge is 0.382 e. The predicted molar refractivity (Wildman–Crippen MR) is 71.5 cm³/mol. The molecule has 5 nitrogen and oxygen atoms in total. The van der Waals surface area contributed by atoms with E-state index in [1.54, 1.807) is 24.6 Å². The van der Waals surface area contributed by atoms with Gasteiger partial charge in [-0.1, -0.05) is 0 Å². The van der Waals surface area contributed by atoms with Crippen molar-refractivity contribution in [3.8, 4) is 0 Å². The minimum Gasteiger partial charge on any atom is -0.382 e. The fourth-order valence-corrected chi connectivity index (χ4v) is 2.41. The molecule has 0 aliphatic carbocycles. The van der Waals surface area contributed by atoms with E-state index >= 15 is 0 Å². The van der Waals surface area contributed by atoms with Crippen molar-refractivity contribution >= 4 is 33.0 Å². The number of aryl methyl sites for hydroxylation is 1. The van der Waals surface area contributed by atoms with Gasteiger partial charge < -0.3 is 5.32 Å². The summed E-state index contributed by atoms with van der Waals surface area (Å²) in [7, 11) is 1.62. The molecule has 0 bridgehead atoms. The molecule has 0 aliphatic rings. The van der Waals surface area contributed by atoms with Gasteiger partial charge in [-0.25, -0.2) is 9.67 Å². The van der Waals surface area contributed by atoms with Gasteiger partial charge in [0.25, 0.3) is 5.56 Å². The van der Waals surface area contributed by atoms with E-state index in [0.29, 0.717) is 10.2 Å². The lowest BCUT2D eigenvalue weighted by Crippen LogP contribution is -2.21. The Bertz CT molecular complexity index is 552. The molecular formula is C10H11BrN4OS. The van der Waals surface area contributed by atoms with E-state index in [1.165, 1.54) is 4.68 Å². The Morgan fingerprint density at radius 1 is 1.59 bits per heavy atom. The molecule has 0 saturated carbocycles. The number of nitrogens with zero attached hydrogens (tertiary/aromatic N) is 3. The number of rotatable bonds is 4. The third-order valence-electron chi connectivity index (χ3n) is 2.26. The summed E-state index contributed by atoms with van der Waals surface area (Å²) in [4.78, 5) is 15.8. The Morgan fingerprint density at radius 3 is 3.12 bits per heavy atom. The molecule has 0 unspecified atom stereocenters. The van der Waals surface area contributed by atoms with Crippen LogP contribution in [0, 0.1) is 0 Å². The summed E-state index contributed by atoms with van der Waals surface area (Å²) in [6, 6.07) is 0. The molecule has 2 aromatic rings. The summed E-state index contributed by atoms with van der Waals surface area (Å²) in [5, 5.41) is 9.13. The Balaban J connectivity index is 2.00. The van der Waals surface area contributed by atoms with Gasteiger partial charge in [0.2, 0.25) is 0 Å². The van der Waals surface area contributed by atoms with Gasteiger partial charge in [-0.05, 0) is 15.9 Å². The molecule has 2 rings (SSSR count). The highest BCUT2D eigenvalue weighted by molar-refractivity contribution is 9.10. The van der Waals surface area contributed by atoms with Crippen molar-refractivity contribution in [1.82, 2.24) is 14.8 Å². The highest BCUT2D eigenvalue weighted by atomic mass is 79.9. The Hall–Kier alpha value is -1.21. The Kier molecular flexibility index (Phi) is 3.90. The van der Waals surface area contributed by atoms with E-state index < -0.39 is 0 Å². The van der Waals surface area contributed by atoms with Crippen molar-refractivity contribution < 1.29 is 0 Å². The topological polar surface area (TPSA) is 59.8 Å². The Labute approximate surface area is 111 Å². The lowest BCUT2D eigenvalue weighted by molar-refractivity contribution is 0.703. The van der Waals surface area contributed by atoms with Gasteiger partial charge in [0.15, 0.2) is 0 Å². The second-order valence-corrected chi connectivity index (χ2v) is 4.97. The summed E-state index contributed by atoms with van der Waals surface area (Å²) >= 11 is 4.84. The van der Waals surface area contributed by atoms with Gasteiger partial charge in [0.05, 0.1) is 23.1 Å². The van der Waals surface area contributed by atoms with Crippen molar-refractivity contribution in [2.45, 2.75) is 6.42 Å². The first kappa shape index (κ1) is 12.3. The molecule has 0 aliphatic heterocycles. The normalized spacial score (nSPS) is 10.5. The van der Waals surface area contributed by atoms with Gasteiger partial charge in [0.1, 0.15) is 4.47 Å². The first-order valence-corrected chi connectivity index (χ1v) is 6.75. The fraction of sp³-hybridized carbons (Fsp3) is 0.300. The average molecular weight is 315 g/mol. The molecule has 90 valence electrons. The number of anilines is 1. The third-order valence-corrected chi connectivity index (χ3v) is 3.66. The standard InChI is InChI=1S/C10H11BrN4OS/c1-15-10(16)9(11)8(4-14-15)12-3-2-7-5-17-6-13-7/h4-6,12H,2-3H2,1H3. The first-order chi connectivity index (χ1) is 8.18. The van der Waals surface area contributed by atoms with Gasteiger partial charge in [-0.2, -0.15) is 5.10 Å². The van der Waals surface area contributed by atoms with Crippen LogP contribution in [0.4, 0.5) is 5.69 Å². The number of nitrogens with one attached hydrogen (secondary N) is 1. The van der Waals surface area contributed by atoms with E-state index in [2.05, 4.69) is 31.3 Å². The predicted octanol–water partition coefficient (Wildman–Crippen LogP) is 1.65. The van der Waals surface area contributed by atoms with E-state index in [4.69, 9.17) is 0 Å². The highest BCUT2D eigenvalue weighted by Gasteiger charge is 2.06. The van der Waals surface area contributed by atoms with E-state index in [0.717, 1.165) is 18.7 Å². The van der Waals surface area contributed by atoms with Crippen LogP contribution < -0.4 is 10.9 Å². The van der Waals surface area contributed by atoms with Crippen LogP contribution in [-0.4, -0.2) is 21.3 Å². The molecule has 0 atom stereocenters. The van der Waals surface area contributed by atoms with Crippen molar-refractivity contribution in [2.24, 2.45) is 7.05 Å². The van der Waals surface area contributed by atoms with Crippen LogP contribution in [0.2, 0.25) is 0 Å². The van der Waals surface area contributed by atoms with Gasteiger partial charge in [-0.3, -0.25) is 4.79 Å². The molecule has 7 heteroatoms. The minimum atomic E-state index is -0.149. The number of hydrogen-bond acceptors (Lipinski definition) is 5. The monoisotopic (exact) mass is 314 g/mol. The summed E-state index contributed by atoms with van der Waals surface area (Å²) < 4.78 is 1.80. The zero-order valence-corrected chi connectivity index (χ0v) is 11.6. The molecule has 0 saturated heterocycles. The number of hydrogen-bond donors (Lipinski definition) is 1. The molecule has 0 aromatic carbocycles. The second kappa shape index (κ2) is 5.42. The number of thiazole rings is 1. The smallest absolute Gasteiger partial charge is 0.282 e.